The molecule has 0 saturated heterocycles. The molecule has 2 aliphatic rings. The van der Waals surface area contributed by atoms with Crippen LogP contribution in [0.3, 0.4) is 0 Å². The number of allylic oxidation sites excluding steroid dienone is 2. The van der Waals surface area contributed by atoms with E-state index in [2.05, 4.69) is 19.1 Å². The maximum atomic E-state index is 13.2. The Labute approximate surface area is 146 Å². The molecule has 2 nitrogen and oxygen atoms in total. The van der Waals surface area contributed by atoms with Crippen LogP contribution in [0.15, 0.2) is 24.3 Å². The molecule has 0 heterocycles. The average molecular weight is 352 g/mol. The Morgan fingerprint density at radius 3 is 2.16 bits per heavy atom. The normalized spacial score (nSPS) is 29.4. The van der Waals surface area contributed by atoms with Gasteiger partial charge >= 0.3 is 5.97 Å². The van der Waals surface area contributed by atoms with Crippen molar-refractivity contribution < 1.29 is 22.7 Å². The summed E-state index contributed by atoms with van der Waals surface area (Å²) in [6.45, 7) is 2.22. The summed E-state index contributed by atoms with van der Waals surface area (Å²) < 4.78 is 44.4. The topological polar surface area (TPSA) is 26.3 Å². The third-order valence-electron chi connectivity index (χ3n) is 5.53. The fraction of sp³-hybridized carbons (Fsp3) is 0.550. The van der Waals surface area contributed by atoms with Crippen molar-refractivity contribution in [3.63, 3.8) is 0 Å². The summed E-state index contributed by atoms with van der Waals surface area (Å²) in [4.78, 5) is 12.2. The van der Waals surface area contributed by atoms with E-state index in [9.17, 15) is 18.0 Å². The molecule has 0 N–H and O–H groups in total. The van der Waals surface area contributed by atoms with Crippen molar-refractivity contribution in [3.05, 3.63) is 41.7 Å². The van der Waals surface area contributed by atoms with E-state index in [1.165, 1.54) is 12.8 Å². The van der Waals surface area contributed by atoms with Crippen LogP contribution in [0, 0.1) is 41.1 Å². The van der Waals surface area contributed by atoms with Crippen LogP contribution in [0.2, 0.25) is 0 Å². The quantitative estimate of drug-likeness (QED) is 0.314. The van der Waals surface area contributed by atoms with Crippen molar-refractivity contribution in [3.8, 4) is 5.75 Å². The highest BCUT2D eigenvalue weighted by molar-refractivity contribution is 5.75. The van der Waals surface area contributed by atoms with Gasteiger partial charge in [-0.3, -0.25) is 4.79 Å². The maximum absolute atomic E-state index is 13.2. The van der Waals surface area contributed by atoms with E-state index < -0.39 is 23.4 Å². The Bertz CT molecular complexity index is 640. The number of hydrogen-bond acceptors (Lipinski definition) is 2. The van der Waals surface area contributed by atoms with E-state index in [4.69, 9.17) is 4.74 Å². The second-order valence-corrected chi connectivity index (χ2v) is 7.34. The van der Waals surface area contributed by atoms with Gasteiger partial charge in [-0.15, -0.1) is 0 Å². The Hall–Kier alpha value is -1.78. The lowest BCUT2D eigenvalue weighted by Gasteiger charge is -2.33. The van der Waals surface area contributed by atoms with Crippen LogP contribution in [0.4, 0.5) is 13.2 Å². The van der Waals surface area contributed by atoms with E-state index in [0.29, 0.717) is 29.9 Å². The molecule has 0 amide bonds. The minimum atomic E-state index is -1.56. The highest BCUT2D eigenvalue weighted by Crippen LogP contribution is 2.39. The monoisotopic (exact) mass is 352 g/mol. The second-order valence-electron chi connectivity index (χ2n) is 7.34. The van der Waals surface area contributed by atoms with Crippen molar-refractivity contribution in [2.45, 2.75) is 45.4 Å². The third-order valence-corrected chi connectivity index (χ3v) is 5.53. The van der Waals surface area contributed by atoms with Gasteiger partial charge in [-0.25, -0.2) is 13.2 Å². The minimum Gasteiger partial charge on any atom is -0.426 e. The maximum Gasteiger partial charge on any atom is 0.314 e. The van der Waals surface area contributed by atoms with Gasteiger partial charge in [0, 0.05) is 12.1 Å². The Kier molecular flexibility index (Phi) is 5.50. The minimum absolute atomic E-state index is 0.265. The number of benzene rings is 1. The van der Waals surface area contributed by atoms with Gasteiger partial charge in [-0.05, 0) is 56.3 Å². The molecule has 0 spiro atoms. The fourth-order valence-electron chi connectivity index (χ4n) is 3.95. The van der Waals surface area contributed by atoms with Gasteiger partial charge in [0.15, 0.2) is 17.5 Å². The molecule has 2 atom stereocenters. The molecule has 0 aliphatic heterocycles. The number of rotatable bonds is 3. The molecule has 0 bridgehead atoms. The molecule has 1 saturated carbocycles. The van der Waals surface area contributed by atoms with Crippen LogP contribution in [0.5, 0.6) is 5.75 Å². The molecule has 1 fully saturated rings. The largest absolute Gasteiger partial charge is 0.426 e. The molecule has 2 unspecified atom stereocenters. The van der Waals surface area contributed by atoms with Crippen molar-refractivity contribution >= 4 is 5.97 Å². The van der Waals surface area contributed by atoms with E-state index in [1.807, 2.05) is 0 Å². The van der Waals surface area contributed by atoms with Gasteiger partial charge < -0.3 is 4.74 Å². The van der Waals surface area contributed by atoms with Crippen LogP contribution >= 0.6 is 0 Å². The van der Waals surface area contributed by atoms with E-state index in [-0.39, 0.29) is 11.7 Å². The zero-order chi connectivity index (χ0) is 18.0. The highest BCUT2D eigenvalue weighted by atomic mass is 19.2. The predicted octanol–water partition coefficient (Wildman–Crippen LogP) is 5.42. The summed E-state index contributed by atoms with van der Waals surface area (Å²) in [5, 5.41) is 0. The number of halogens is 3. The van der Waals surface area contributed by atoms with E-state index >= 15 is 0 Å². The van der Waals surface area contributed by atoms with E-state index in [1.54, 1.807) is 0 Å². The molecule has 1 aromatic carbocycles. The van der Waals surface area contributed by atoms with Gasteiger partial charge in [0.2, 0.25) is 0 Å². The number of esters is 1. The molecule has 25 heavy (non-hydrogen) atoms. The first-order valence-corrected chi connectivity index (χ1v) is 8.98. The lowest BCUT2D eigenvalue weighted by molar-refractivity contribution is -0.140. The Morgan fingerprint density at radius 1 is 0.960 bits per heavy atom. The van der Waals surface area contributed by atoms with Crippen molar-refractivity contribution in [1.29, 1.82) is 0 Å². The van der Waals surface area contributed by atoms with Crippen LogP contribution in [0.25, 0.3) is 0 Å². The fourth-order valence-corrected chi connectivity index (χ4v) is 3.95. The van der Waals surface area contributed by atoms with Crippen LogP contribution in [0.1, 0.15) is 45.4 Å². The third kappa shape index (κ3) is 4.25. The Balaban J connectivity index is 1.54. The lowest BCUT2D eigenvalue weighted by Crippen LogP contribution is -2.28. The number of ether oxygens (including phenoxy) is 1. The summed E-state index contributed by atoms with van der Waals surface area (Å²) in [5.41, 5.74) is 0. The van der Waals surface area contributed by atoms with Crippen LogP contribution < -0.4 is 4.74 Å². The zero-order valence-electron chi connectivity index (χ0n) is 14.3. The molecular weight excluding hydrogens is 329 g/mol. The van der Waals surface area contributed by atoms with Crippen LogP contribution in [-0.4, -0.2) is 5.97 Å². The Morgan fingerprint density at radius 2 is 1.60 bits per heavy atom. The average Bonchev–Trinajstić information content (AvgIpc) is 2.60. The number of hydrogen-bond donors (Lipinski definition) is 0. The van der Waals surface area contributed by atoms with E-state index in [0.717, 1.165) is 25.7 Å². The van der Waals surface area contributed by atoms with Crippen LogP contribution in [-0.2, 0) is 4.79 Å². The van der Waals surface area contributed by atoms with Gasteiger partial charge in [0.25, 0.3) is 0 Å². The molecule has 2 aliphatic carbocycles. The second kappa shape index (κ2) is 7.63. The van der Waals surface area contributed by atoms with Crippen molar-refractivity contribution in [2.24, 2.45) is 23.7 Å². The summed E-state index contributed by atoms with van der Waals surface area (Å²) in [6.07, 6.45) is 10.4. The molecule has 5 heteroatoms. The first-order valence-electron chi connectivity index (χ1n) is 8.98. The molecular formula is C20H23F3O2. The molecule has 136 valence electrons. The highest BCUT2D eigenvalue weighted by Gasteiger charge is 2.31. The zero-order valence-corrected chi connectivity index (χ0v) is 14.3. The first kappa shape index (κ1) is 18.0. The number of carbonyl (C=O) groups excluding carboxylic acids is 1. The van der Waals surface area contributed by atoms with Crippen molar-refractivity contribution in [2.75, 3.05) is 0 Å². The summed E-state index contributed by atoms with van der Waals surface area (Å²) in [5.74, 6) is -3.48. The van der Waals surface area contributed by atoms with Gasteiger partial charge in [-0.2, -0.15) is 0 Å². The smallest absolute Gasteiger partial charge is 0.314 e. The number of carbonyl (C=O) groups is 1. The van der Waals surface area contributed by atoms with Gasteiger partial charge in [0.1, 0.15) is 5.75 Å². The first-order chi connectivity index (χ1) is 11.9. The SMILES string of the molecule is CC1C=CC(C2CCC(C(=O)Oc3cc(F)c(F)c(F)c3)CC2)CC1. The van der Waals surface area contributed by atoms with Gasteiger partial charge in [0.05, 0.1) is 5.92 Å². The van der Waals surface area contributed by atoms with Crippen molar-refractivity contribution in [1.82, 2.24) is 0 Å². The molecule has 1 aromatic rings. The standard InChI is InChI=1S/C20H23F3O2/c1-12-2-4-13(5-3-12)14-6-8-15(9-7-14)20(24)25-16-10-17(21)19(23)18(22)11-16/h2,4,10-15H,3,5-9H2,1H3. The summed E-state index contributed by atoms with van der Waals surface area (Å²) in [6, 6.07) is 1.41. The summed E-state index contributed by atoms with van der Waals surface area (Å²) in [7, 11) is 0. The molecule has 3 rings (SSSR count). The molecule has 0 radical (unpaired) electrons. The predicted molar refractivity (Wildman–Crippen MR) is 88.4 cm³/mol. The summed E-state index contributed by atoms with van der Waals surface area (Å²) >= 11 is 0. The lowest BCUT2D eigenvalue weighted by atomic mass is 9.72. The van der Waals surface area contributed by atoms with Gasteiger partial charge in [-0.1, -0.05) is 19.1 Å². The molecule has 0 aromatic heterocycles.